The molecule has 1 atom stereocenters. The summed E-state index contributed by atoms with van der Waals surface area (Å²) in [6.45, 7) is 1.10. The number of carbonyl (C=O) groups is 1. The highest BCUT2D eigenvalue weighted by Gasteiger charge is 2.15. The Hall–Kier alpha value is -0.870. The Kier molecular flexibility index (Phi) is 2.90. The van der Waals surface area contributed by atoms with Gasteiger partial charge in [0, 0.05) is 0 Å². The lowest BCUT2D eigenvalue weighted by molar-refractivity contribution is 0.102. The summed E-state index contributed by atoms with van der Waals surface area (Å²) in [6.07, 6.45) is -4.07. The van der Waals surface area contributed by atoms with Gasteiger partial charge in [0.2, 0.25) is 0 Å². The third-order valence-electron chi connectivity index (χ3n) is 0.729. The zero-order valence-corrected chi connectivity index (χ0v) is 4.77. The van der Waals surface area contributed by atoms with Crippen LogP contribution in [0.5, 0.6) is 0 Å². The van der Waals surface area contributed by atoms with Gasteiger partial charge >= 0.3 is 6.09 Å². The molecule has 0 aliphatic heterocycles. The average Bonchev–Trinajstić information content (AvgIpc) is 1.63. The summed E-state index contributed by atoms with van der Waals surface area (Å²) < 4.78 is 22.9. The fourth-order valence-corrected chi connectivity index (χ4v) is 0.258. The quantitative estimate of drug-likeness (QED) is 0.597. The summed E-state index contributed by atoms with van der Waals surface area (Å²) in [7, 11) is 0. The first-order chi connectivity index (χ1) is 4.04. The average molecular weight is 139 g/mol. The summed E-state index contributed by atoms with van der Waals surface area (Å²) in [5, 5.41) is 9.50. The van der Waals surface area contributed by atoms with Crippen LogP contribution in [-0.4, -0.2) is 23.7 Å². The maximum atomic E-state index is 11.5. The molecule has 0 aliphatic carbocycles. The normalized spacial score (nSPS) is 13.3. The van der Waals surface area contributed by atoms with Gasteiger partial charge in [0.15, 0.2) is 0 Å². The zero-order chi connectivity index (χ0) is 7.44. The molecular formula is C4H7F2NO2. The number of carboxylic acid groups (broad SMARTS) is 1. The third kappa shape index (κ3) is 3.69. The first-order valence-electron chi connectivity index (χ1n) is 2.31. The fourth-order valence-electron chi connectivity index (χ4n) is 0.258. The van der Waals surface area contributed by atoms with Crippen LogP contribution in [0.25, 0.3) is 0 Å². The Bertz CT molecular complexity index is 107. The van der Waals surface area contributed by atoms with E-state index in [-0.39, 0.29) is 0 Å². The van der Waals surface area contributed by atoms with E-state index in [0.717, 1.165) is 6.92 Å². The van der Waals surface area contributed by atoms with E-state index in [1.807, 2.05) is 0 Å². The Morgan fingerprint density at radius 2 is 2.11 bits per heavy atom. The monoisotopic (exact) mass is 139 g/mol. The number of amides is 1. The highest BCUT2D eigenvalue weighted by atomic mass is 19.3. The lowest BCUT2D eigenvalue weighted by Crippen LogP contribution is -2.36. The summed E-state index contributed by atoms with van der Waals surface area (Å²) in [6, 6.07) is -1.29. The summed E-state index contributed by atoms with van der Waals surface area (Å²) in [5.41, 5.74) is 0. The van der Waals surface area contributed by atoms with E-state index in [4.69, 9.17) is 5.11 Å². The van der Waals surface area contributed by atoms with Crippen molar-refractivity contribution in [2.24, 2.45) is 0 Å². The molecule has 0 rings (SSSR count). The second-order valence-electron chi connectivity index (χ2n) is 1.57. The molecule has 0 saturated carbocycles. The lowest BCUT2D eigenvalue weighted by Gasteiger charge is -2.07. The number of rotatable bonds is 2. The second-order valence-corrected chi connectivity index (χ2v) is 1.57. The number of hydrogen-bond acceptors (Lipinski definition) is 1. The molecule has 0 saturated heterocycles. The highest BCUT2D eigenvalue weighted by molar-refractivity contribution is 5.64. The maximum Gasteiger partial charge on any atom is 0.405 e. The van der Waals surface area contributed by atoms with Crippen molar-refractivity contribution in [2.45, 2.75) is 19.4 Å². The van der Waals surface area contributed by atoms with Crippen LogP contribution >= 0.6 is 0 Å². The van der Waals surface area contributed by atoms with Crippen molar-refractivity contribution < 1.29 is 18.7 Å². The van der Waals surface area contributed by atoms with Crippen molar-refractivity contribution in [3.63, 3.8) is 0 Å². The van der Waals surface area contributed by atoms with Gasteiger partial charge in [0.1, 0.15) is 0 Å². The van der Waals surface area contributed by atoms with Crippen molar-refractivity contribution in [3.8, 4) is 0 Å². The Morgan fingerprint density at radius 1 is 1.67 bits per heavy atom. The topological polar surface area (TPSA) is 49.3 Å². The Morgan fingerprint density at radius 3 is 2.22 bits per heavy atom. The highest BCUT2D eigenvalue weighted by Crippen LogP contribution is 1.97. The van der Waals surface area contributed by atoms with E-state index in [9.17, 15) is 13.6 Å². The van der Waals surface area contributed by atoms with Crippen LogP contribution in [0.15, 0.2) is 0 Å². The number of alkyl halides is 2. The molecule has 0 spiro atoms. The molecule has 5 heteroatoms. The standard InChI is InChI=1S/C4H7F2NO2/c1-2(3(5)6)7-4(8)9/h2-3,7H,1H3,(H,8,9). The SMILES string of the molecule is CC(NC(=O)O)C(F)F. The van der Waals surface area contributed by atoms with Gasteiger partial charge in [0.25, 0.3) is 6.43 Å². The van der Waals surface area contributed by atoms with Gasteiger partial charge in [-0.2, -0.15) is 0 Å². The van der Waals surface area contributed by atoms with Gasteiger partial charge in [-0.25, -0.2) is 13.6 Å². The van der Waals surface area contributed by atoms with Crippen LogP contribution in [0.3, 0.4) is 0 Å². The summed E-state index contributed by atoms with van der Waals surface area (Å²) in [5.74, 6) is 0. The molecule has 3 nitrogen and oxygen atoms in total. The van der Waals surface area contributed by atoms with Crippen LogP contribution in [0.1, 0.15) is 6.92 Å². The van der Waals surface area contributed by atoms with Gasteiger partial charge in [0.05, 0.1) is 6.04 Å². The van der Waals surface area contributed by atoms with Gasteiger partial charge < -0.3 is 10.4 Å². The summed E-state index contributed by atoms with van der Waals surface area (Å²) in [4.78, 5) is 9.67. The third-order valence-corrected chi connectivity index (χ3v) is 0.729. The van der Waals surface area contributed by atoms with E-state index >= 15 is 0 Å². The minimum absolute atomic E-state index is 1.10. The molecule has 0 radical (unpaired) electrons. The smallest absolute Gasteiger partial charge is 0.405 e. The van der Waals surface area contributed by atoms with Crippen molar-refractivity contribution in [1.82, 2.24) is 5.32 Å². The Labute approximate surface area is 50.7 Å². The molecule has 2 N–H and O–H groups in total. The van der Waals surface area contributed by atoms with E-state index in [0.29, 0.717) is 0 Å². The molecule has 0 aromatic rings. The molecule has 1 unspecified atom stereocenters. The molecule has 0 bridgehead atoms. The molecule has 9 heavy (non-hydrogen) atoms. The predicted octanol–water partition coefficient (Wildman–Crippen LogP) is 0.908. The Balaban J connectivity index is 3.50. The lowest BCUT2D eigenvalue weighted by atomic mass is 10.4. The largest absolute Gasteiger partial charge is 0.465 e. The van der Waals surface area contributed by atoms with Crippen molar-refractivity contribution in [3.05, 3.63) is 0 Å². The summed E-state index contributed by atoms with van der Waals surface area (Å²) >= 11 is 0. The molecule has 0 aromatic carbocycles. The van der Waals surface area contributed by atoms with Crippen LogP contribution in [0, 0.1) is 0 Å². The fraction of sp³-hybridized carbons (Fsp3) is 0.750. The van der Waals surface area contributed by atoms with Crippen LogP contribution in [-0.2, 0) is 0 Å². The van der Waals surface area contributed by atoms with Crippen LogP contribution in [0.4, 0.5) is 13.6 Å². The molecular weight excluding hydrogens is 132 g/mol. The van der Waals surface area contributed by atoms with Gasteiger partial charge in [-0.3, -0.25) is 0 Å². The molecule has 0 aromatic heterocycles. The molecule has 54 valence electrons. The van der Waals surface area contributed by atoms with E-state index < -0.39 is 18.6 Å². The van der Waals surface area contributed by atoms with Crippen LogP contribution < -0.4 is 5.32 Å². The minimum atomic E-state index is -2.64. The minimum Gasteiger partial charge on any atom is -0.465 e. The van der Waals surface area contributed by atoms with Gasteiger partial charge in [-0.15, -0.1) is 0 Å². The molecule has 0 heterocycles. The molecule has 0 fully saturated rings. The first-order valence-corrected chi connectivity index (χ1v) is 2.31. The molecule has 1 amide bonds. The van der Waals surface area contributed by atoms with E-state index in [1.54, 1.807) is 5.32 Å². The van der Waals surface area contributed by atoms with Gasteiger partial charge in [-0.05, 0) is 6.92 Å². The molecule has 0 aliphatic rings. The van der Waals surface area contributed by atoms with Crippen LogP contribution in [0.2, 0.25) is 0 Å². The second kappa shape index (κ2) is 3.21. The number of hydrogen-bond donors (Lipinski definition) is 2. The predicted molar refractivity (Wildman–Crippen MR) is 26.6 cm³/mol. The zero-order valence-electron chi connectivity index (χ0n) is 4.77. The number of nitrogens with one attached hydrogen (secondary N) is 1. The van der Waals surface area contributed by atoms with Crippen molar-refractivity contribution in [1.29, 1.82) is 0 Å². The maximum absolute atomic E-state index is 11.5. The first kappa shape index (κ1) is 8.13. The van der Waals surface area contributed by atoms with Crippen molar-refractivity contribution >= 4 is 6.09 Å². The van der Waals surface area contributed by atoms with E-state index in [2.05, 4.69) is 0 Å². The van der Waals surface area contributed by atoms with Gasteiger partial charge in [-0.1, -0.05) is 0 Å². The number of halogens is 2. The van der Waals surface area contributed by atoms with Crippen molar-refractivity contribution in [2.75, 3.05) is 0 Å². The van der Waals surface area contributed by atoms with E-state index in [1.165, 1.54) is 0 Å².